The minimum Gasteiger partial charge on any atom is -0.375 e. The lowest BCUT2D eigenvalue weighted by molar-refractivity contribution is -0.403. The van der Waals surface area contributed by atoms with Gasteiger partial charge in [0.2, 0.25) is 0 Å². The van der Waals surface area contributed by atoms with Gasteiger partial charge in [0, 0.05) is 12.7 Å². The highest BCUT2D eigenvalue weighted by Gasteiger charge is 2.00. The molecule has 0 aliphatic carbocycles. The SMILES string of the molecule is CSC(=C[N+](=O)[O-])NCCCCc1c[nH]cn1. The highest BCUT2D eigenvalue weighted by atomic mass is 32.2. The Balaban J connectivity index is 2.13. The van der Waals surface area contributed by atoms with Gasteiger partial charge in [0.25, 0.3) is 6.20 Å². The summed E-state index contributed by atoms with van der Waals surface area (Å²) < 4.78 is 0. The van der Waals surface area contributed by atoms with Crippen molar-refractivity contribution >= 4 is 11.8 Å². The Morgan fingerprint density at radius 1 is 1.71 bits per heavy atom. The first-order valence-corrected chi connectivity index (χ1v) is 6.55. The number of aryl methyl sites for hydroxylation is 1. The van der Waals surface area contributed by atoms with E-state index in [-0.39, 0.29) is 0 Å². The number of nitrogens with zero attached hydrogens (tertiary/aromatic N) is 2. The van der Waals surface area contributed by atoms with Crippen molar-refractivity contribution in [2.45, 2.75) is 19.3 Å². The van der Waals surface area contributed by atoms with Crippen molar-refractivity contribution in [3.8, 4) is 0 Å². The first-order valence-electron chi connectivity index (χ1n) is 5.33. The Morgan fingerprint density at radius 2 is 2.53 bits per heavy atom. The molecule has 2 N–H and O–H groups in total. The van der Waals surface area contributed by atoms with Gasteiger partial charge in [0.1, 0.15) is 5.03 Å². The van der Waals surface area contributed by atoms with Crippen LogP contribution in [0.15, 0.2) is 23.8 Å². The lowest BCUT2D eigenvalue weighted by Gasteiger charge is -2.05. The van der Waals surface area contributed by atoms with Gasteiger partial charge in [-0.25, -0.2) is 4.98 Å². The van der Waals surface area contributed by atoms with Crippen LogP contribution in [0.3, 0.4) is 0 Å². The van der Waals surface area contributed by atoms with Crippen molar-refractivity contribution < 1.29 is 4.92 Å². The molecule has 0 unspecified atom stereocenters. The van der Waals surface area contributed by atoms with E-state index < -0.39 is 4.92 Å². The molecule has 7 heteroatoms. The number of H-pyrrole nitrogens is 1. The molecule has 6 nitrogen and oxygen atoms in total. The number of unbranched alkanes of at least 4 members (excludes halogenated alkanes) is 1. The summed E-state index contributed by atoms with van der Waals surface area (Å²) in [5, 5.41) is 13.9. The summed E-state index contributed by atoms with van der Waals surface area (Å²) in [5.74, 6) is 0. The quantitative estimate of drug-likeness (QED) is 0.420. The number of rotatable bonds is 8. The van der Waals surface area contributed by atoms with Gasteiger partial charge in [0.15, 0.2) is 0 Å². The molecule has 0 atom stereocenters. The van der Waals surface area contributed by atoms with Gasteiger partial charge in [0.05, 0.1) is 16.9 Å². The van der Waals surface area contributed by atoms with Gasteiger partial charge in [-0.3, -0.25) is 10.1 Å². The second-order valence-electron chi connectivity index (χ2n) is 3.43. The zero-order valence-electron chi connectivity index (χ0n) is 9.68. The molecule has 0 spiro atoms. The van der Waals surface area contributed by atoms with Crippen molar-refractivity contribution in [2.75, 3.05) is 12.8 Å². The lowest BCUT2D eigenvalue weighted by Crippen LogP contribution is -2.13. The maximum atomic E-state index is 10.3. The number of thioether (sulfide) groups is 1. The lowest BCUT2D eigenvalue weighted by atomic mass is 10.2. The van der Waals surface area contributed by atoms with Crippen LogP contribution in [0, 0.1) is 10.1 Å². The Bertz CT molecular complexity index is 364. The van der Waals surface area contributed by atoms with Gasteiger partial charge >= 0.3 is 0 Å². The molecule has 0 radical (unpaired) electrons. The number of imidazole rings is 1. The van der Waals surface area contributed by atoms with Gasteiger partial charge in [-0.05, 0) is 25.5 Å². The summed E-state index contributed by atoms with van der Waals surface area (Å²) >= 11 is 1.35. The number of aromatic nitrogens is 2. The number of hydrogen-bond donors (Lipinski definition) is 2. The van der Waals surface area contributed by atoms with Crippen LogP contribution < -0.4 is 5.32 Å². The van der Waals surface area contributed by atoms with Crippen LogP contribution in [0.4, 0.5) is 0 Å². The summed E-state index contributed by atoms with van der Waals surface area (Å²) in [6.07, 6.45) is 9.26. The molecule has 0 bridgehead atoms. The highest BCUT2D eigenvalue weighted by Crippen LogP contribution is 2.07. The van der Waals surface area contributed by atoms with E-state index in [4.69, 9.17) is 0 Å². The average Bonchev–Trinajstić information content (AvgIpc) is 2.79. The van der Waals surface area contributed by atoms with Crippen LogP contribution in [0.2, 0.25) is 0 Å². The fourth-order valence-electron chi connectivity index (χ4n) is 1.34. The minimum atomic E-state index is -0.442. The molecular weight excluding hydrogens is 240 g/mol. The molecule has 1 heterocycles. The predicted molar refractivity (Wildman–Crippen MR) is 68.1 cm³/mol. The fourth-order valence-corrected chi connectivity index (χ4v) is 1.77. The number of hydrogen-bond acceptors (Lipinski definition) is 5. The number of aromatic amines is 1. The summed E-state index contributed by atoms with van der Waals surface area (Å²) in [5.41, 5.74) is 1.05. The van der Waals surface area contributed by atoms with Crippen molar-refractivity contribution in [3.63, 3.8) is 0 Å². The molecular formula is C10H16N4O2S. The van der Waals surface area contributed by atoms with Crippen molar-refractivity contribution in [3.05, 3.63) is 39.6 Å². The molecule has 0 aliphatic heterocycles. The normalized spacial score (nSPS) is 11.5. The van der Waals surface area contributed by atoms with Crippen LogP contribution in [-0.2, 0) is 6.42 Å². The molecule has 0 fully saturated rings. The van der Waals surface area contributed by atoms with E-state index in [0.29, 0.717) is 5.03 Å². The maximum Gasteiger partial charge on any atom is 0.263 e. The van der Waals surface area contributed by atoms with E-state index >= 15 is 0 Å². The molecule has 1 aromatic heterocycles. The van der Waals surface area contributed by atoms with E-state index in [1.54, 1.807) is 6.33 Å². The third-order valence-corrected chi connectivity index (χ3v) is 2.85. The molecule has 0 saturated heterocycles. The second-order valence-corrected chi connectivity index (χ2v) is 4.28. The van der Waals surface area contributed by atoms with Crippen LogP contribution in [-0.4, -0.2) is 27.7 Å². The molecule has 1 aromatic rings. The van der Waals surface area contributed by atoms with E-state index in [0.717, 1.165) is 37.7 Å². The summed E-state index contributed by atoms with van der Waals surface area (Å²) in [7, 11) is 0. The zero-order chi connectivity index (χ0) is 12.5. The largest absolute Gasteiger partial charge is 0.375 e. The smallest absolute Gasteiger partial charge is 0.263 e. The minimum absolute atomic E-state index is 0.442. The van der Waals surface area contributed by atoms with E-state index in [1.165, 1.54) is 11.8 Å². The molecule has 94 valence electrons. The van der Waals surface area contributed by atoms with Gasteiger partial charge in [-0.2, -0.15) is 0 Å². The van der Waals surface area contributed by atoms with Crippen LogP contribution >= 0.6 is 11.8 Å². The molecule has 0 aliphatic rings. The van der Waals surface area contributed by atoms with Gasteiger partial charge in [-0.15, -0.1) is 11.8 Å². The first-order chi connectivity index (χ1) is 8.22. The van der Waals surface area contributed by atoms with Crippen molar-refractivity contribution in [1.82, 2.24) is 15.3 Å². The van der Waals surface area contributed by atoms with Crippen molar-refractivity contribution in [1.29, 1.82) is 0 Å². The number of nitrogens with one attached hydrogen (secondary N) is 2. The van der Waals surface area contributed by atoms with E-state index in [9.17, 15) is 10.1 Å². The van der Waals surface area contributed by atoms with E-state index in [2.05, 4.69) is 15.3 Å². The van der Waals surface area contributed by atoms with Crippen LogP contribution in [0.5, 0.6) is 0 Å². The topological polar surface area (TPSA) is 83.9 Å². The van der Waals surface area contributed by atoms with Gasteiger partial charge < -0.3 is 10.3 Å². The third-order valence-electron chi connectivity index (χ3n) is 2.16. The standard InChI is InChI=1S/C10H16N4O2S/c1-17-10(7-14(15)16)12-5-3-2-4-9-6-11-8-13-9/h6-8,12H,2-5H2,1H3,(H,11,13). The zero-order valence-corrected chi connectivity index (χ0v) is 10.5. The highest BCUT2D eigenvalue weighted by molar-refractivity contribution is 8.02. The summed E-state index contributed by atoms with van der Waals surface area (Å²) in [4.78, 5) is 16.9. The number of nitro groups is 1. The van der Waals surface area contributed by atoms with Crippen LogP contribution in [0.1, 0.15) is 18.5 Å². The Morgan fingerprint density at radius 3 is 3.12 bits per heavy atom. The molecule has 1 rings (SSSR count). The Hall–Kier alpha value is -1.50. The maximum absolute atomic E-state index is 10.3. The van der Waals surface area contributed by atoms with Crippen LogP contribution in [0.25, 0.3) is 0 Å². The monoisotopic (exact) mass is 256 g/mol. The fraction of sp³-hybridized carbons (Fsp3) is 0.500. The average molecular weight is 256 g/mol. The molecule has 0 saturated carbocycles. The summed E-state index contributed by atoms with van der Waals surface area (Å²) in [6.45, 7) is 0.741. The third kappa shape index (κ3) is 5.96. The van der Waals surface area contributed by atoms with E-state index in [1.807, 2.05) is 12.5 Å². The molecule has 0 amide bonds. The summed E-state index contributed by atoms with van der Waals surface area (Å²) in [6, 6.07) is 0. The predicted octanol–water partition coefficient (Wildman–Crippen LogP) is 1.76. The Labute approximate surface area is 104 Å². The van der Waals surface area contributed by atoms with Gasteiger partial charge in [-0.1, -0.05) is 0 Å². The first kappa shape index (κ1) is 13.6. The molecule has 17 heavy (non-hydrogen) atoms. The second kappa shape index (κ2) is 7.72. The van der Waals surface area contributed by atoms with Crippen molar-refractivity contribution in [2.24, 2.45) is 0 Å². The Kier molecular flexibility index (Phi) is 6.16. The molecule has 0 aromatic carbocycles.